The molecule has 0 spiro atoms. The monoisotopic (exact) mass is 396 g/mol. The fraction of sp³-hybridized carbons (Fsp3) is 0.714. The Bertz CT molecular complexity index is 730. The molecule has 29 heavy (non-hydrogen) atoms. The largest absolute Gasteiger partial charge is 0.393 e. The van der Waals surface area contributed by atoms with Gasteiger partial charge >= 0.3 is 0 Å². The molecule has 6 unspecified atom stereocenters. The lowest BCUT2D eigenvalue weighted by Gasteiger charge is -2.44. The highest BCUT2D eigenvalue weighted by atomic mass is 16.3. The van der Waals surface area contributed by atoms with Gasteiger partial charge in [-0.1, -0.05) is 65.8 Å². The number of aliphatic hydroxyl groups is 1. The zero-order valence-corrected chi connectivity index (χ0v) is 20.0. The van der Waals surface area contributed by atoms with Crippen molar-refractivity contribution in [2.24, 2.45) is 29.1 Å². The molecule has 3 rings (SSSR count). The van der Waals surface area contributed by atoms with E-state index in [-0.39, 0.29) is 6.10 Å². The number of rotatable bonds is 7. The molecule has 1 N–H and O–H groups in total. The van der Waals surface area contributed by atoms with Gasteiger partial charge in [0.25, 0.3) is 0 Å². The van der Waals surface area contributed by atoms with Crippen molar-refractivity contribution >= 4 is 0 Å². The van der Waals surface area contributed by atoms with Gasteiger partial charge in [0.05, 0.1) is 6.10 Å². The van der Waals surface area contributed by atoms with Crippen molar-refractivity contribution in [2.75, 3.05) is 0 Å². The highest BCUT2D eigenvalue weighted by Gasteiger charge is 2.50. The molecule has 0 aromatic heterocycles. The summed E-state index contributed by atoms with van der Waals surface area (Å²) in [6.07, 6.45) is 11.6. The summed E-state index contributed by atoms with van der Waals surface area (Å²) in [6.45, 7) is 16.4. The zero-order valence-electron chi connectivity index (χ0n) is 20.0. The van der Waals surface area contributed by atoms with E-state index in [1.165, 1.54) is 36.8 Å². The van der Waals surface area contributed by atoms with Crippen LogP contribution in [0.3, 0.4) is 0 Å². The lowest BCUT2D eigenvalue weighted by molar-refractivity contribution is 0.142. The molecule has 0 saturated heterocycles. The number of hydrogen-bond donors (Lipinski definition) is 1. The fourth-order valence-electron chi connectivity index (χ4n) is 6.20. The molecule has 0 heterocycles. The Kier molecular flexibility index (Phi) is 6.99. The summed E-state index contributed by atoms with van der Waals surface area (Å²) in [4.78, 5) is 0. The maximum Gasteiger partial charge on any atom is 0.0578 e. The third-order valence-corrected chi connectivity index (χ3v) is 8.78. The summed E-state index contributed by atoms with van der Waals surface area (Å²) in [5.41, 5.74) is 6.47. The van der Waals surface area contributed by atoms with E-state index in [0.29, 0.717) is 23.2 Å². The summed E-state index contributed by atoms with van der Waals surface area (Å²) in [5.74, 6) is 3.54. The molecule has 0 aliphatic heterocycles. The Morgan fingerprint density at radius 3 is 2.52 bits per heavy atom. The first-order chi connectivity index (χ1) is 13.7. The smallest absolute Gasteiger partial charge is 0.0578 e. The van der Waals surface area contributed by atoms with Crippen LogP contribution in [0.5, 0.6) is 0 Å². The molecule has 1 aromatic rings. The number of aliphatic hydroxyl groups excluding tert-OH is 1. The van der Waals surface area contributed by atoms with Crippen molar-refractivity contribution in [3.8, 4) is 0 Å². The standard InChI is InChI=1S/C28H44O/c1-8-23(29)17-22-11-12-25-24(21(22)6)15-16-28(7)26(13-14-27(25)28)20(5)10-9-19(4)18(2)3/h9-12,18-20,23,26-27,29H,8,13-17H2,1-7H3. The molecule has 162 valence electrons. The summed E-state index contributed by atoms with van der Waals surface area (Å²) < 4.78 is 0. The van der Waals surface area contributed by atoms with Crippen LogP contribution >= 0.6 is 0 Å². The molecular weight excluding hydrogens is 352 g/mol. The highest BCUT2D eigenvalue weighted by molar-refractivity contribution is 5.46. The van der Waals surface area contributed by atoms with Crippen molar-refractivity contribution in [1.29, 1.82) is 0 Å². The maximum absolute atomic E-state index is 10.1. The van der Waals surface area contributed by atoms with Gasteiger partial charge < -0.3 is 5.11 Å². The van der Waals surface area contributed by atoms with E-state index in [0.717, 1.165) is 24.7 Å². The van der Waals surface area contributed by atoms with E-state index < -0.39 is 0 Å². The average molecular weight is 397 g/mol. The second-order valence-electron chi connectivity index (χ2n) is 10.8. The fourth-order valence-corrected chi connectivity index (χ4v) is 6.20. The summed E-state index contributed by atoms with van der Waals surface area (Å²) in [5, 5.41) is 10.1. The number of fused-ring (bicyclic) bond motifs is 3. The molecule has 1 heteroatoms. The Morgan fingerprint density at radius 2 is 1.86 bits per heavy atom. The van der Waals surface area contributed by atoms with Crippen LogP contribution in [0.4, 0.5) is 0 Å². The van der Waals surface area contributed by atoms with Crippen LogP contribution in [0.2, 0.25) is 0 Å². The first-order valence-corrected chi connectivity index (χ1v) is 12.2. The van der Waals surface area contributed by atoms with Crippen LogP contribution in [-0.4, -0.2) is 11.2 Å². The van der Waals surface area contributed by atoms with Crippen molar-refractivity contribution in [1.82, 2.24) is 0 Å². The predicted molar refractivity (Wildman–Crippen MR) is 125 cm³/mol. The number of benzene rings is 1. The molecule has 1 nitrogen and oxygen atoms in total. The van der Waals surface area contributed by atoms with Gasteiger partial charge in [-0.05, 0) is 103 Å². The van der Waals surface area contributed by atoms with E-state index >= 15 is 0 Å². The molecule has 2 aliphatic rings. The lowest BCUT2D eigenvalue weighted by Crippen LogP contribution is -2.35. The zero-order chi connectivity index (χ0) is 21.3. The minimum atomic E-state index is -0.211. The first kappa shape index (κ1) is 22.6. The van der Waals surface area contributed by atoms with Gasteiger partial charge in [0.1, 0.15) is 0 Å². The van der Waals surface area contributed by atoms with E-state index in [1.54, 1.807) is 11.1 Å². The summed E-state index contributed by atoms with van der Waals surface area (Å²) in [7, 11) is 0. The molecule has 0 amide bonds. The van der Waals surface area contributed by atoms with Crippen LogP contribution in [-0.2, 0) is 12.8 Å². The Balaban J connectivity index is 1.82. The molecule has 0 radical (unpaired) electrons. The molecule has 6 atom stereocenters. The van der Waals surface area contributed by atoms with Crippen LogP contribution in [0.15, 0.2) is 24.3 Å². The Morgan fingerprint density at radius 1 is 1.14 bits per heavy atom. The minimum absolute atomic E-state index is 0.211. The van der Waals surface area contributed by atoms with E-state index in [2.05, 4.69) is 72.8 Å². The molecule has 0 bridgehead atoms. The second kappa shape index (κ2) is 8.96. The van der Waals surface area contributed by atoms with Gasteiger partial charge in [0.2, 0.25) is 0 Å². The van der Waals surface area contributed by atoms with Gasteiger partial charge in [-0.25, -0.2) is 0 Å². The SMILES string of the molecule is CCC(O)Cc1ccc2c(c1C)CCC1(C)C2CCC1C(C)C=CC(C)C(C)C. The van der Waals surface area contributed by atoms with E-state index in [9.17, 15) is 5.11 Å². The topological polar surface area (TPSA) is 20.2 Å². The maximum atomic E-state index is 10.1. The highest BCUT2D eigenvalue weighted by Crippen LogP contribution is 2.61. The normalized spacial score (nSPS) is 29.7. The summed E-state index contributed by atoms with van der Waals surface area (Å²) >= 11 is 0. The van der Waals surface area contributed by atoms with Crippen molar-refractivity contribution in [3.63, 3.8) is 0 Å². The molecule has 1 fully saturated rings. The van der Waals surface area contributed by atoms with Gasteiger partial charge in [-0.15, -0.1) is 0 Å². The first-order valence-electron chi connectivity index (χ1n) is 12.2. The number of hydrogen-bond acceptors (Lipinski definition) is 1. The number of allylic oxidation sites excluding steroid dienone is 2. The lowest BCUT2D eigenvalue weighted by atomic mass is 9.60. The molecule has 1 saturated carbocycles. The average Bonchev–Trinajstić information content (AvgIpc) is 3.05. The van der Waals surface area contributed by atoms with Crippen molar-refractivity contribution in [2.45, 2.75) is 99.0 Å². The quantitative estimate of drug-likeness (QED) is 0.482. The summed E-state index contributed by atoms with van der Waals surface area (Å²) in [6, 6.07) is 4.74. The van der Waals surface area contributed by atoms with Gasteiger partial charge in [-0.2, -0.15) is 0 Å². The van der Waals surface area contributed by atoms with Gasteiger partial charge in [-0.3, -0.25) is 0 Å². The Labute approximate surface area is 180 Å². The third kappa shape index (κ3) is 4.36. The Hall–Kier alpha value is -1.08. The van der Waals surface area contributed by atoms with Crippen molar-refractivity contribution < 1.29 is 5.11 Å². The molecule has 2 aliphatic carbocycles. The van der Waals surface area contributed by atoms with E-state index in [1.807, 2.05) is 0 Å². The molecular formula is C28H44O. The second-order valence-corrected chi connectivity index (χ2v) is 10.8. The minimum Gasteiger partial charge on any atom is -0.393 e. The van der Waals surface area contributed by atoms with Crippen LogP contribution in [0, 0.1) is 36.0 Å². The van der Waals surface area contributed by atoms with Crippen LogP contribution < -0.4 is 0 Å². The van der Waals surface area contributed by atoms with E-state index in [4.69, 9.17) is 0 Å². The predicted octanol–water partition coefficient (Wildman–Crippen LogP) is 7.24. The van der Waals surface area contributed by atoms with Crippen LogP contribution in [0.25, 0.3) is 0 Å². The molecule has 1 aromatic carbocycles. The van der Waals surface area contributed by atoms with Gasteiger partial charge in [0.15, 0.2) is 0 Å². The van der Waals surface area contributed by atoms with Crippen molar-refractivity contribution in [3.05, 3.63) is 46.5 Å². The van der Waals surface area contributed by atoms with Crippen LogP contribution in [0.1, 0.15) is 95.4 Å². The third-order valence-electron chi connectivity index (χ3n) is 8.78. The van der Waals surface area contributed by atoms with Gasteiger partial charge in [0, 0.05) is 0 Å².